The van der Waals surface area contributed by atoms with Crippen molar-refractivity contribution in [3.63, 3.8) is 0 Å². The molecule has 25 heavy (non-hydrogen) atoms. The molecular formula is C19H19BrN4O. The lowest BCUT2D eigenvalue weighted by atomic mass is 9.93. The number of fused-ring (bicyclic) bond motifs is 1. The summed E-state index contributed by atoms with van der Waals surface area (Å²) in [5.41, 5.74) is 2.37. The lowest BCUT2D eigenvalue weighted by molar-refractivity contribution is 0.325. The molecule has 1 aliphatic heterocycles. The van der Waals surface area contributed by atoms with E-state index >= 15 is 0 Å². The second-order valence-electron chi connectivity index (χ2n) is 6.00. The van der Waals surface area contributed by atoms with E-state index in [4.69, 9.17) is 4.74 Å². The molecule has 4 rings (SSSR count). The molecule has 2 atom stereocenters. The van der Waals surface area contributed by atoms with E-state index in [0.717, 1.165) is 28.2 Å². The Labute approximate surface area is 155 Å². The number of nitrogens with one attached hydrogen (secondary N) is 1. The molecule has 0 amide bonds. The Hall–Kier alpha value is -2.34. The number of halogens is 1. The van der Waals surface area contributed by atoms with E-state index in [1.807, 2.05) is 29.8 Å². The number of anilines is 1. The van der Waals surface area contributed by atoms with Gasteiger partial charge in [-0.05, 0) is 37.1 Å². The highest BCUT2D eigenvalue weighted by Crippen LogP contribution is 2.40. The molecule has 3 aromatic rings. The van der Waals surface area contributed by atoms with Crippen LogP contribution < -0.4 is 10.1 Å². The molecule has 5 nitrogen and oxygen atoms in total. The van der Waals surface area contributed by atoms with Crippen LogP contribution in [0.25, 0.3) is 0 Å². The van der Waals surface area contributed by atoms with Crippen LogP contribution in [0.15, 0.2) is 59.3 Å². The molecule has 1 aliphatic rings. The molecule has 0 fully saturated rings. The second-order valence-corrected chi connectivity index (χ2v) is 6.91. The first-order valence-electron chi connectivity index (χ1n) is 8.39. The molecule has 2 aromatic carbocycles. The maximum atomic E-state index is 5.85. The maximum absolute atomic E-state index is 5.85. The predicted molar refractivity (Wildman–Crippen MR) is 101 cm³/mol. The second kappa shape index (κ2) is 6.88. The van der Waals surface area contributed by atoms with Crippen LogP contribution in [-0.4, -0.2) is 21.4 Å². The molecular weight excluding hydrogens is 380 g/mol. The van der Waals surface area contributed by atoms with Crippen LogP contribution in [0.3, 0.4) is 0 Å². The smallest absolute Gasteiger partial charge is 0.222 e. The molecule has 1 aromatic heterocycles. The molecule has 0 bridgehead atoms. The van der Waals surface area contributed by atoms with Gasteiger partial charge in [-0.25, -0.2) is 4.68 Å². The van der Waals surface area contributed by atoms with Crippen molar-refractivity contribution in [1.82, 2.24) is 14.8 Å². The minimum Gasteiger partial charge on any atom is -0.494 e. The van der Waals surface area contributed by atoms with E-state index in [1.54, 1.807) is 6.33 Å². The average molecular weight is 399 g/mol. The molecule has 0 saturated carbocycles. The average Bonchev–Trinajstić information content (AvgIpc) is 3.11. The first-order valence-corrected chi connectivity index (χ1v) is 9.18. The number of hydrogen-bond acceptors (Lipinski definition) is 4. The highest BCUT2D eigenvalue weighted by atomic mass is 79.9. The molecule has 128 valence electrons. The van der Waals surface area contributed by atoms with Gasteiger partial charge < -0.3 is 10.1 Å². The molecule has 0 aliphatic carbocycles. The lowest BCUT2D eigenvalue weighted by Gasteiger charge is -2.32. The van der Waals surface area contributed by atoms with Crippen LogP contribution in [0.2, 0.25) is 0 Å². The molecule has 0 saturated heterocycles. The Morgan fingerprint density at radius 2 is 2.00 bits per heavy atom. The van der Waals surface area contributed by atoms with Crippen LogP contribution >= 0.6 is 15.9 Å². The van der Waals surface area contributed by atoms with Crippen LogP contribution in [-0.2, 0) is 0 Å². The zero-order chi connectivity index (χ0) is 17.2. The molecule has 2 heterocycles. The fourth-order valence-corrected chi connectivity index (χ4v) is 3.60. The standard InChI is InChI=1S/C19H19BrN4O/c1-2-25-18-6-4-3-5-15(18)17-11-16(13-7-9-14(20)10-8-13)23-19-21-12-22-24(17)19/h3-10,12,16-17H,2,11H2,1H3,(H,21,22,23)/t16-,17+/m1/s1. The van der Waals surface area contributed by atoms with Crippen LogP contribution in [0.4, 0.5) is 5.95 Å². The van der Waals surface area contributed by atoms with Crippen molar-refractivity contribution in [2.45, 2.75) is 25.4 Å². The van der Waals surface area contributed by atoms with Crippen LogP contribution in [0, 0.1) is 0 Å². The number of benzene rings is 2. The van der Waals surface area contributed by atoms with Crippen molar-refractivity contribution in [2.24, 2.45) is 0 Å². The van der Waals surface area contributed by atoms with E-state index in [-0.39, 0.29) is 12.1 Å². The highest BCUT2D eigenvalue weighted by molar-refractivity contribution is 9.10. The number of rotatable bonds is 4. The number of para-hydroxylation sites is 1. The monoisotopic (exact) mass is 398 g/mol. The van der Waals surface area contributed by atoms with E-state index in [0.29, 0.717) is 6.61 Å². The highest BCUT2D eigenvalue weighted by Gasteiger charge is 2.31. The predicted octanol–water partition coefficient (Wildman–Crippen LogP) is 4.59. The van der Waals surface area contributed by atoms with E-state index in [9.17, 15) is 0 Å². The van der Waals surface area contributed by atoms with E-state index in [2.05, 4.69) is 61.7 Å². The summed E-state index contributed by atoms with van der Waals surface area (Å²) in [7, 11) is 0. The van der Waals surface area contributed by atoms with Crippen molar-refractivity contribution >= 4 is 21.9 Å². The lowest BCUT2D eigenvalue weighted by Crippen LogP contribution is -2.28. The minimum absolute atomic E-state index is 0.0788. The van der Waals surface area contributed by atoms with Crippen LogP contribution in [0.5, 0.6) is 5.75 Å². The van der Waals surface area contributed by atoms with Gasteiger partial charge in [0.2, 0.25) is 5.95 Å². The third-order valence-corrected chi connectivity index (χ3v) is 5.01. The summed E-state index contributed by atoms with van der Waals surface area (Å²) in [4.78, 5) is 4.39. The van der Waals surface area contributed by atoms with Gasteiger partial charge in [0.15, 0.2) is 0 Å². The third kappa shape index (κ3) is 3.14. The molecule has 0 radical (unpaired) electrons. The Bertz CT molecular complexity index is 862. The summed E-state index contributed by atoms with van der Waals surface area (Å²) >= 11 is 3.50. The van der Waals surface area contributed by atoms with Crippen LogP contribution in [0.1, 0.15) is 36.6 Å². The first kappa shape index (κ1) is 16.1. The summed E-state index contributed by atoms with van der Waals surface area (Å²) in [5, 5.41) is 7.94. The van der Waals surface area contributed by atoms with Gasteiger partial charge in [0.25, 0.3) is 0 Å². The molecule has 0 unspecified atom stereocenters. The number of ether oxygens (including phenoxy) is 1. The zero-order valence-electron chi connectivity index (χ0n) is 13.9. The first-order chi connectivity index (χ1) is 12.3. The van der Waals surface area contributed by atoms with Gasteiger partial charge in [-0.2, -0.15) is 10.1 Å². The third-order valence-electron chi connectivity index (χ3n) is 4.48. The number of hydrogen-bond donors (Lipinski definition) is 1. The quantitative estimate of drug-likeness (QED) is 0.698. The molecule has 6 heteroatoms. The zero-order valence-corrected chi connectivity index (χ0v) is 15.5. The Kier molecular flexibility index (Phi) is 4.44. The minimum atomic E-state index is 0.0788. The van der Waals surface area contributed by atoms with Gasteiger partial charge in [0.05, 0.1) is 18.7 Å². The summed E-state index contributed by atoms with van der Waals surface area (Å²) in [6, 6.07) is 16.9. The summed E-state index contributed by atoms with van der Waals surface area (Å²) in [6.45, 7) is 2.65. The maximum Gasteiger partial charge on any atom is 0.222 e. The van der Waals surface area contributed by atoms with Gasteiger partial charge in [0.1, 0.15) is 12.1 Å². The Morgan fingerprint density at radius 3 is 2.80 bits per heavy atom. The molecule has 1 N–H and O–H groups in total. The summed E-state index contributed by atoms with van der Waals surface area (Å²) in [5.74, 6) is 1.70. The van der Waals surface area contributed by atoms with Gasteiger partial charge in [-0.15, -0.1) is 0 Å². The number of aromatic nitrogens is 3. The van der Waals surface area contributed by atoms with Crippen molar-refractivity contribution in [1.29, 1.82) is 0 Å². The van der Waals surface area contributed by atoms with E-state index < -0.39 is 0 Å². The normalized spacial score (nSPS) is 19.1. The fourth-order valence-electron chi connectivity index (χ4n) is 3.34. The van der Waals surface area contributed by atoms with Gasteiger partial charge >= 0.3 is 0 Å². The largest absolute Gasteiger partial charge is 0.494 e. The number of nitrogens with zero attached hydrogens (tertiary/aromatic N) is 3. The SMILES string of the molecule is CCOc1ccccc1[C@@H]1C[C@H](c2ccc(Br)cc2)Nc2ncnn21. The topological polar surface area (TPSA) is 52.0 Å². The summed E-state index contributed by atoms with van der Waals surface area (Å²) in [6.07, 6.45) is 2.48. The van der Waals surface area contributed by atoms with Crippen molar-refractivity contribution in [2.75, 3.05) is 11.9 Å². The fraction of sp³-hybridized carbons (Fsp3) is 0.263. The van der Waals surface area contributed by atoms with Gasteiger partial charge in [-0.3, -0.25) is 0 Å². The van der Waals surface area contributed by atoms with Crippen molar-refractivity contribution in [3.05, 3.63) is 70.5 Å². The van der Waals surface area contributed by atoms with E-state index in [1.165, 1.54) is 5.56 Å². The van der Waals surface area contributed by atoms with Gasteiger partial charge in [-0.1, -0.05) is 46.3 Å². The van der Waals surface area contributed by atoms with Gasteiger partial charge in [0, 0.05) is 10.0 Å². The Morgan fingerprint density at radius 1 is 1.20 bits per heavy atom. The summed E-state index contributed by atoms with van der Waals surface area (Å²) < 4.78 is 8.88. The Balaban J connectivity index is 1.74. The molecule has 0 spiro atoms. The van der Waals surface area contributed by atoms with Crippen molar-refractivity contribution in [3.8, 4) is 5.75 Å². The van der Waals surface area contributed by atoms with Crippen molar-refractivity contribution < 1.29 is 4.74 Å².